The van der Waals surface area contributed by atoms with E-state index in [2.05, 4.69) is 34.3 Å². The van der Waals surface area contributed by atoms with E-state index in [1.807, 2.05) is 4.57 Å². The summed E-state index contributed by atoms with van der Waals surface area (Å²) in [4.78, 5) is 14.8. The molecular weight excluding hydrogens is 467 g/mol. The molecule has 1 saturated heterocycles. The maximum atomic E-state index is 13.1. The molecule has 0 aliphatic carbocycles. The molecule has 1 aliphatic heterocycles. The van der Waals surface area contributed by atoms with Crippen LogP contribution in [0.1, 0.15) is 26.3 Å². The van der Waals surface area contributed by atoms with Gasteiger partial charge in [-0.25, -0.2) is 0 Å². The third-order valence-electron chi connectivity index (χ3n) is 4.73. The number of nitrogens with zero attached hydrogens (tertiary/aromatic N) is 4. The van der Waals surface area contributed by atoms with Gasteiger partial charge in [0.1, 0.15) is 0 Å². The van der Waals surface area contributed by atoms with E-state index < -0.39 is 27.9 Å². The van der Waals surface area contributed by atoms with Gasteiger partial charge in [-0.2, -0.15) is 13.2 Å². The van der Waals surface area contributed by atoms with Crippen molar-refractivity contribution in [1.82, 2.24) is 14.8 Å². The highest BCUT2D eigenvalue weighted by molar-refractivity contribution is 8.00. The van der Waals surface area contributed by atoms with Crippen molar-refractivity contribution < 1.29 is 22.7 Å². The zero-order valence-corrected chi connectivity index (χ0v) is 19.5. The average molecular weight is 492 g/mol. The first kappa shape index (κ1) is 24.7. The predicted octanol–water partition coefficient (Wildman–Crippen LogP) is 4.56. The number of anilines is 2. The Balaban J connectivity index is 1.74. The summed E-state index contributed by atoms with van der Waals surface area (Å²) in [6, 6.07) is 3.28. The molecule has 0 spiro atoms. The van der Waals surface area contributed by atoms with Crippen molar-refractivity contribution in [3.8, 4) is 0 Å². The number of ether oxygens (including phenoxy) is 1. The Hall–Kier alpha value is -1.98. The maximum Gasteiger partial charge on any atom is 0.417 e. The van der Waals surface area contributed by atoms with Crippen molar-refractivity contribution in [3.05, 3.63) is 28.8 Å². The fourth-order valence-corrected chi connectivity index (χ4v) is 4.24. The summed E-state index contributed by atoms with van der Waals surface area (Å²) in [6.45, 7) is 9.11. The smallest absolute Gasteiger partial charge is 0.378 e. The summed E-state index contributed by atoms with van der Waals surface area (Å²) >= 11 is 6.85. The number of hydrogen-bond acceptors (Lipinski definition) is 6. The van der Waals surface area contributed by atoms with Crippen LogP contribution >= 0.6 is 23.4 Å². The van der Waals surface area contributed by atoms with E-state index in [9.17, 15) is 18.0 Å². The van der Waals surface area contributed by atoms with Gasteiger partial charge < -0.3 is 15.0 Å². The zero-order valence-electron chi connectivity index (χ0n) is 17.9. The number of amides is 1. The van der Waals surface area contributed by atoms with Crippen LogP contribution in [0.15, 0.2) is 23.4 Å². The fourth-order valence-electron chi connectivity index (χ4n) is 3.17. The van der Waals surface area contributed by atoms with Gasteiger partial charge in [0.25, 0.3) is 0 Å². The Labute approximate surface area is 193 Å². The summed E-state index contributed by atoms with van der Waals surface area (Å²) in [7, 11) is 0. The number of halogens is 4. The van der Waals surface area contributed by atoms with Gasteiger partial charge >= 0.3 is 6.18 Å². The summed E-state index contributed by atoms with van der Waals surface area (Å²) in [6.07, 6.45) is -4.61. The first-order valence-electron chi connectivity index (χ1n) is 10.2. The van der Waals surface area contributed by atoms with Crippen LogP contribution in [-0.4, -0.2) is 52.2 Å². The standard InChI is InChI=1S/C20H25ClF3N5O2S/c1-12(2)11-29-18(28-6-8-31-9-7-28)26-27-19(29)32-13(3)17(30)25-14-4-5-16(21)15(10-14)20(22,23)24/h4-5,10,12-13H,6-9,11H2,1-3H3,(H,25,30). The van der Waals surface area contributed by atoms with Gasteiger partial charge in [-0.3, -0.25) is 9.36 Å². The molecule has 1 aromatic heterocycles. The molecule has 0 radical (unpaired) electrons. The largest absolute Gasteiger partial charge is 0.417 e. The summed E-state index contributed by atoms with van der Waals surface area (Å²) < 4.78 is 46.6. The van der Waals surface area contributed by atoms with E-state index >= 15 is 0 Å². The van der Waals surface area contributed by atoms with Crippen molar-refractivity contribution >= 4 is 40.9 Å². The Morgan fingerprint density at radius 2 is 1.94 bits per heavy atom. The number of benzene rings is 1. The van der Waals surface area contributed by atoms with Crippen LogP contribution in [0.5, 0.6) is 0 Å². The lowest BCUT2D eigenvalue weighted by Gasteiger charge is -2.28. The molecule has 0 bridgehead atoms. The molecule has 0 saturated carbocycles. The van der Waals surface area contributed by atoms with Crippen molar-refractivity contribution in [1.29, 1.82) is 0 Å². The highest BCUT2D eigenvalue weighted by Gasteiger charge is 2.33. The lowest BCUT2D eigenvalue weighted by Crippen LogP contribution is -2.38. The molecule has 2 heterocycles. The normalized spacial score (nSPS) is 15.8. The highest BCUT2D eigenvalue weighted by atomic mass is 35.5. The van der Waals surface area contributed by atoms with Crippen LogP contribution in [0.2, 0.25) is 5.02 Å². The molecule has 1 aromatic carbocycles. The SMILES string of the molecule is CC(C)Cn1c(SC(C)C(=O)Nc2ccc(Cl)c(C(F)(F)F)c2)nnc1N1CCOCC1. The van der Waals surface area contributed by atoms with Gasteiger partial charge in [0, 0.05) is 25.3 Å². The van der Waals surface area contributed by atoms with Gasteiger partial charge in [-0.05, 0) is 31.0 Å². The number of alkyl halides is 3. The van der Waals surface area contributed by atoms with Crippen molar-refractivity contribution in [3.63, 3.8) is 0 Å². The minimum atomic E-state index is -4.61. The zero-order chi connectivity index (χ0) is 23.5. The molecule has 1 aliphatic rings. The second-order valence-electron chi connectivity index (χ2n) is 7.83. The topological polar surface area (TPSA) is 72.3 Å². The lowest BCUT2D eigenvalue weighted by atomic mass is 10.2. The molecule has 1 atom stereocenters. The van der Waals surface area contributed by atoms with Gasteiger partial charge in [-0.1, -0.05) is 37.2 Å². The monoisotopic (exact) mass is 491 g/mol. The van der Waals surface area contributed by atoms with Crippen LogP contribution in [0, 0.1) is 5.92 Å². The first-order valence-corrected chi connectivity index (χ1v) is 11.4. The average Bonchev–Trinajstić information content (AvgIpc) is 3.10. The quantitative estimate of drug-likeness (QED) is 0.572. The van der Waals surface area contributed by atoms with E-state index in [0.717, 1.165) is 18.1 Å². The number of thioether (sulfide) groups is 1. The van der Waals surface area contributed by atoms with Gasteiger partial charge in [0.05, 0.1) is 29.0 Å². The number of morpholine rings is 1. The van der Waals surface area contributed by atoms with Crippen LogP contribution in [0.4, 0.5) is 24.8 Å². The van der Waals surface area contributed by atoms with E-state index in [4.69, 9.17) is 16.3 Å². The van der Waals surface area contributed by atoms with E-state index in [1.165, 1.54) is 17.8 Å². The molecule has 12 heteroatoms. The molecule has 176 valence electrons. The van der Waals surface area contributed by atoms with Crippen LogP contribution in [-0.2, 0) is 22.3 Å². The maximum absolute atomic E-state index is 13.1. The number of carbonyl (C=O) groups excluding carboxylic acids is 1. The molecule has 7 nitrogen and oxygen atoms in total. The minimum absolute atomic E-state index is 0.0248. The number of nitrogens with one attached hydrogen (secondary N) is 1. The Kier molecular flexibility index (Phi) is 7.94. The van der Waals surface area contributed by atoms with E-state index in [-0.39, 0.29) is 5.69 Å². The summed E-state index contributed by atoms with van der Waals surface area (Å²) in [5.41, 5.74) is -0.971. The van der Waals surface area contributed by atoms with Crippen molar-refractivity contribution in [2.75, 3.05) is 36.5 Å². The highest BCUT2D eigenvalue weighted by Crippen LogP contribution is 2.36. The van der Waals surface area contributed by atoms with Crippen LogP contribution < -0.4 is 10.2 Å². The fraction of sp³-hybridized carbons (Fsp3) is 0.550. The Bertz CT molecular complexity index is 948. The number of hydrogen-bond donors (Lipinski definition) is 1. The summed E-state index contributed by atoms with van der Waals surface area (Å²) in [5, 5.41) is 10.7. The molecule has 32 heavy (non-hydrogen) atoms. The number of carbonyl (C=O) groups is 1. The van der Waals surface area contributed by atoms with Gasteiger partial charge in [-0.15, -0.1) is 10.2 Å². The molecule has 1 fully saturated rings. The Morgan fingerprint density at radius 1 is 1.25 bits per heavy atom. The van der Waals surface area contributed by atoms with Crippen LogP contribution in [0.25, 0.3) is 0 Å². The molecule has 1 unspecified atom stereocenters. The van der Waals surface area contributed by atoms with Crippen molar-refractivity contribution in [2.24, 2.45) is 5.92 Å². The molecule has 1 amide bonds. The second kappa shape index (κ2) is 10.3. The molecule has 3 rings (SSSR count). The molecule has 1 N–H and O–H groups in total. The molecular formula is C20H25ClF3N5O2S. The third kappa shape index (κ3) is 6.08. The minimum Gasteiger partial charge on any atom is -0.378 e. The first-order chi connectivity index (χ1) is 15.1. The molecule has 2 aromatic rings. The van der Waals surface area contributed by atoms with E-state index in [1.54, 1.807) is 6.92 Å². The predicted molar refractivity (Wildman–Crippen MR) is 118 cm³/mol. The van der Waals surface area contributed by atoms with Gasteiger partial charge in [0.15, 0.2) is 5.16 Å². The second-order valence-corrected chi connectivity index (χ2v) is 9.54. The van der Waals surface area contributed by atoms with Crippen molar-refractivity contribution in [2.45, 2.75) is 43.9 Å². The summed E-state index contributed by atoms with van der Waals surface area (Å²) in [5.74, 6) is 0.603. The number of rotatable bonds is 7. The van der Waals surface area contributed by atoms with Crippen LogP contribution in [0.3, 0.4) is 0 Å². The van der Waals surface area contributed by atoms with E-state index in [0.29, 0.717) is 43.9 Å². The Morgan fingerprint density at radius 3 is 2.56 bits per heavy atom. The van der Waals surface area contributed by atoms with Gasteiger partial charge in [0.2, 0.25) is 11.9 Å². The number of aromatic nitrogens is 3. The third-order valence-corrected chi connectivity index (χ3v) is 6.14. The lowest BCUT2D eigenvalue weighted by molar-refractivity contribution is -0.137.